The number of halogens is 3. The Labute approximate surface area is 142 Å². The summed E-state index contributed by atoms with van der Waals surface area (Å²) in [4.78, 5) is 4.39. The fourth-order valence-electron chi connectivity index (χ4n) is 2.10. The van der Waals surface area contributed by atoms with E-state index < -0.39 is 0 Å². The number of aromatic nitrogens is 1. The van der Waals surface area contributed by atoms with Crippen LogP contribution in [0.2, 0.25) is 15.1 Å². The van der Waals surface area contributed by atoms with Gasteiger partial charge >= 0.3 is 0 Å². The van der Waals surface area contributed by atoms with Crippen LogP contribution in [0.25, 0.3) is 23.1 Å². The third-order valence-electron chi connectivity index (χ3n) is 3.22. The summed E-state index contributed by atoms with van der Waals surface area (Å²) in [5.41, 5.74) is 1.93. The molecule has 0 spiro atoms. The van der Waals surface area contributed by atoms with Crippen molar-refractivity contribution in [3.8, 4) is 5.75 Å². The lowest BCUT2D eigenvalue weighted by molar-refractivity contribution is 0.480. The highest BCUT2D eigenvalue weighted by Gasteiger charge is 2.10. The second-order valence-electron chi connectivity index (χ2n) is 4.68. The van der Waals surface area contributed by atoms with E-state index in [2.05, 4.69) is 4.98 Å². The highest BCUT2D eigenvalue weighted by Crippen LogP contribution is 2.36. The molecule has 0 saturated carbocycles. The molecule has 0 radical (unpaired) electrons. The van der Waals surface area contributed by atoms with Crippen molar-refractivity contribution in [1.29, 1.82) is 0 Å². The Kier molecular flexibility index (Phi) is 4.25. The number of phenols is 1. The molecule has 110 valence electrons. The van der Waals surface area contributed by atoms with Crippen molar-refractivity contribution in [3.63, 3.8) is 0 Å². The summed E-state index contributed by atoms with van der Waals surface area (Å²) in [5, 5.41) is 12.0. The fraction of sp³-hybridized carbons (Fsp3) is 0. The maximum Gasteiger partial charge on any atom is 0.160 e. The van der Waals surface area contributed by atoms with Crippen molar-refractivity contribution in [2.24, 2.45) is 0 Å². The third-order valence-corrected chi connectivity index (χ3v) is 4.16. The van der Waals surface area contributed by atoms with E-state index in [1.54, 1.807) is 6.07 Å². The number of fused-ring (bicyclic) bond motifs is 1. The van der Waals surface area contributed by atoms with E-state index in [0.717, 1.165) is 5.56 Å². The Balaban J connectivity index is 2.06. The molecule has 0 bridgehead atoms. The van der Waals surface area contributed by atoms with Crippen molar-refractivity contribution in [2.45, 2.75) is 0 Å². The van der Waals surface area contributed by atoms with E-state index in [1.807, 2.05) is 42.5 Å². The summed E-state index contributed by atoms with van der Waals surface area (Å²) in [6.45, 7) is 0. The zero-order valence-electron chi connectivity index (χ0n) is 11.2. The van der Waals surface area contributed by atoms with Gasteiger partial charge in [-0.15, -0.1) is 0 Å². The minimum absolute atomic E-state index is 0.0749. The van der Waals surface area contributed by atoms with Crippen molar-refractivity contribution in [1.82, 2.24) is 4.98 Å². The van der Waals surface area contributed by atoms with Crippen molar-refractivity contribution in [3.05, 3.63) is 68.8 Å². The second kappa shape index (κ2) is 6.17. The highest BCUT2D eigenvalue weighted by molar-refractivity contribution is 6.39. The van der Waals surface area contributed by atoms with Gasteiger partial charge in [0.05, 0.1) is 15.7 Å². The van der Waals surface area contributed by atoms with E-state index in [1.165, 1.54) is 6.07 Å². The van der Waals surface area contributed by atoms with Gasteiger partial charge in [-0.1, -0.05) is 59.1 Å². The van der Waals surface area contributed by atoms with E-state index in [-0.39, 0.29) is 10.8 Å². The van der Waals surface area contributed by atoms with Crippen LogP contribution in [0, 0.1) is 0 Å². The lowest BCUT2D eigenvalue weighted by Crippen LogP contribution is -1.86. The molecule has 1 heterocycles. The average molecular weight is 351 g/mol. The summed E-state index contributed by atoms with van der Waals surface area (Å²) in [6, 6.07) is 12.6. The normalized spacial score (nSPS) is 11.4. The Morgan fingerprint density at radius 3 is 2.41 bits per heavy atom. The standard InChI is InChI=1S/C17H10Cl3NO/c18-13-4-2-1-3-10(13)5-6-11-7-8-12-14(19)9-15(20)17(22)16(12)21-11/h1-9,22H/b6-5+. The number of nitrogens with zero attached hydrogens (tertiary/aromatic N) is 1. The van der Waals surface area contributed by atoms with Gasteiger partial charge in [-0.25, -0.2) is 4.98 Å². The van der Waals surface area contributed by atoms with Crippen molar-refractivity contribution < 1.29 is 5.11 Å². The Bertz CT molecular complexity index is 890. The van der Waals surface area contributed by atoms with E-state index >= 15 is 0 Å². The molecule has 22 heavy (non-hydrogen) atoms. The first kappa shape index (κ1) is 15.2. The van der Waals surface area contributed by atoms with Crippen LogP contribution in [0.1, 0.15) is 11.3 Å². The van der Waals surface area contributed by atoms with Gasteiger partial charge in [-0.05, 0) is 35.9 Å². The molecule has 3 aromatic rings. The first-order chi connectivity index (χ1) is 10.6. The minimum atomic E-state index is -0.0749. The molecular weight excluding hydrogens is 341 g/mol. The molecule has 0 atom stereocenters. The number of pyridine rings is 1. The first-order valence-electron chi connectivity index (χ1n) is 6.46. The maximum atomic E-state index is 10.0. The lowest BCUT2D eigenvalue weighted by Gasteiger charge is -2.05. The quantitative estimate of drug-likeness (QED) is 0.608. The van der Waals surface area contributed by atoms with Crippen LogP contribution < -0.4 is 0 Å². The zero-order valence-corrected chi connectivity index (χ0v) is 13.5. The highest BCUT2D eigenvalue weighted by atomic mass is 35.5. The molecule has 2 nitrogen and oxygen atoms in total. The van der Waals surface area contributed by atoms with Gasteiger partial charge in [-0.3, -0.25) is 0 Å². The Hall–Kier alpha value is -1.74. The third kappa shape index (κ3) is 2.91. The van der Waals surface area contributed by atoms with Gasteiger partial charge in [0.2, 0.25) is 0 Å². The van der Waals surface area contributed by atoms with Gasteiger partial charge < -0.3 is 5.11 Å². The Morgan fingerprint density at radius 1 is 0.864 bits per heavy atom. The topological polar surface area (TPSA) is 33.1 Å². The van der Waals surface area contributed by atoms with E-state index in [0.29, 0.717) is 26.6 Å². The average Bonchev–Trinajstić information content (AvgIpc) is 2.52. The van der Waals surface area contributed by atoms with Crippen LogP contribution in [-0.4, -0.2) is 10.1 Å². The summed E-state index contributed by atoms with van der Waals surface area (Å²) < 4.78 is 0. The number of hydrogen-bond acceptors (Lipinski definition) is 2. The molecule has 0 saturated heterocycles. The number of phenolic OH excluding ortho intramolecular Hbond substituents is 1. The molecule has 0 amide bonds. The van der Waals surface area contributed by atoms with Crippen molar-refractivity contribution in [2.75, 3.05) is 0 Å². The SMILES string of the molecule is Oc1c(Cl)cc(Cl)c2ccc(/C=C/c3ccccc3Cl)nc12. The van der Waals surface area contributed by atoms with E-state index in [4.69, 9.17) is 34.8 Å². The zero-order chi connectivity index (χ0) is 15.7. The van der Waals surface area contributed by atoms with Crippen molar-refractivity contribution >= 4 is 57.9 Å². The predicted molar refractivity (Wildman–Crippen MR) is 93.8 cm³/mol. The molecule has 0 fully saturated rings. The largest absolute Gasteiger partial charge is 0.504 e. The summed E-state index contributed by atoms with van der Waals surface area (Å²) >= 11 is 18.1. The van der Waals surface area contributed by atoms with Crippen LogP contribution in [0.4, 0.5) is 0 Å². The molecule has 1 aromatic heterocycles. The number of benzene rings is 2. The first-order valence-corrected chi connectivity index (χ1v) is 7.60. The minimum Gasteiger partial charge on any atom is -0.504 e. The predicted octanol–water partition coefficient (Wildman–Crippen LogP) is 6.07. The monoisotopic (exact) mass is 349 g/mol. The molecule has 1 N–H and O–H groups in total. The molecule has 5 heteroatoms. The molecule has 0 aliphatic heterocycles. The lowest BCUT2D eigenvalue weighted by atomic mass is 10.1. The van der Waals surface area contributed by atoms with Gasteiger partial charge in [0.15, 0.2) is 5.75 Å². The fourth-order valence-corrected chi connectivity index (χ4v) is 2.81. The molecule has 3 rings (SSSR count). The molecule has 0 aliphatic rings. The van der Waals surface area contributed by atoms with Crippen LogP contribution >= 0.6 is 34.8 Å². The molecule has 2 aromatic carbocycles. The number of aromatic hydroxyl groups is 1. The smallest absolute Gasteiger partial charge is 0.160 e. The van der Waals surface area contributed by atoms with Gasteiger partial charge in [-0.2, -0.15) is 0 Å². The Morgan fingerprint density at radius 2 is 1.64 bits per heavy atom. The second-order valence-corrected chi connectivity index (χ2v) is 5.90. The summed E-state index contributed by atoms with van der Waals surface area (Å²) in [7, 11) is 0. The summed E-state index contributed by atoms with van der Waals surface area (Å²) in [5.74, 6) is -0.0749. The van der Waals surface area contributed by atoms with Crippen LogP contribution in [-0.2, 0) is 0 Å². The van der Waals surface area contributed by atoms with Gasteiger partial charge in [0.25, 0.3) is 0 Å². The van der Waals surface area contributed by atoms with Crippen LogP contribution in [0.3, 0.4) is 0 Å². The van der Waals surface area contributed by atoms with Gasteiger partial charge in [0.1, 0.15) is 5.52 Å². The number of rotatable bonds is 2. The number of hydrogen-bond donors (Lipinski definition) is 1. The maximum absolute atomic E-state index is 10.0. The summed E-state index contributed by atoms with van der Waals surface area (Å²) in [6.07, 6.45) is 3.68. The molecule has 0 unspecified atom stereocenters. The van der Waals surface area contributed by atoms with Crippen LogP contribution in [0.5, 0.6) is 5.75 Å². The van der Waals surface area contributed by atoms with E-state index in [9.17, 15) is 5.11 Å². The van der Waals surface area contributed by atoms with Gasteiger partial charge in [0, 0.05) is 10.4 Å². The van der Waals surface area contributed by atoms with Crippen LogP contribution in [0.15, 0.2) is 42.5 Å². The molecular formula is C17H10Cl3NO. The molecule has 0 aliphatic carbocycles.